The van der Waals surface area contributed by atoms with Crippen LogP contribution < -0.4 is 16.1 Å². The van der Waals surface area contributed by atoms with Gasteiger partial charge in [-0.1, -0.05) is 11.8 Å². The summed E-state index contributed by atoms with van der Waals surface area (Å²) in [7, 11) is 0. The van der Waals surface area contributed by atoms with Crippen molar-refractivity contribution >= 4 is 23.6 Å². The number of hydrogen-bond donors (Lipinski definition) is 5. The van der Waals surface area contributed by atoms with E-state index in [4.69, 9.17) is 15.1 Å². The largest absolute Gasteiger partial charge is 0.444 e. The molecule has 0 fully saturated rings. The molecule has 5 N–H and O–H groups in total. The van der Waals surface area contributed by atoms with E-state index in [0.717, 1.165) is 5.56 Å². The summed E-state index contributed by atoms with van der Waals surface area (Å²) in [5, 5.41) is 22.7. The van der Waals surface area contributed by atoms with Crippen molar-refractivity contribution in [3.8, 4) is 11.8 Å². The molecule has 0 aromatic heterocycles. The Morgan fingerprint density at radius 2 is 1.50 bits per heavy atom. The van der Waals surface area contributed by atoms with Gasteiger partial charge in [0.15, 0.2) is 0 Å². The summed E-state index contributed by atoms with van der Waals surface area (Å²) < 4.78 is 5.20. The topological polar surface area (TPSA) is 137 Å². The summed E-state index contributed by atoms with van der Waals surface area (Å²) in [4.78, 5) is 35.3. The maximum absolute atomic E-state index is 12.2. The van der Waals surface area contributed by atoms with Gasteiger partial charge in [0.25, 0.3) is 11.8 Å². The average molecular weight is 439 g/mol. The zero-order valence-electron chi connectivity index (χ0n) is 17.9. The van der Waals surface area contributed by atoms with E-state index in [1.165, 1.54) is 17.6 Å². The van der Waals surface area contributed by atoms with Gasteiger partial charge in [-0.15, -0.1) is 0 Å². The molecule has 0 saturated heterocycles. The van der Waals surface area contributed by atoms with E-state index in [9.17, 15) is 14.4 Å². The van der Waals surface area contributed by atoms with Crippen LogP contribution in [-0.2, 0) is 9.53 Å². The van der Waals surface area contributed by atoms with Crippen LogP contribution in [0.2, 0.25) is 0 Å². The van der Waals surface area contributed by atoms with Gasteiger partial charge in [-0.05, 0) is 69.3 Å². The lowest BCUT2D eigenvalue weighted by molar-refractivity contribution is -0.132. The van der Waals surface area contributed by atoms with E-state index in [0.29, 0.717) is 11.3 Å². The average Bonchev–Trinajstić information content (AvgIpc) is 2.75. The third-order valence-electron chi connectivity index (χ3n) is 3.94. The predicted molar refractivity (Wildman–Crippen MR) is 117 cm³/mol. The number of aliphatic hydroxyl groups excluding tert-OH is 1. The molecule has 0 heterocycles. The monoisotopic (exact) mass is 439 g/mol. The molecule has 0 radical (unpaired) electrons. The minimum atomic E-state index is -1.26. The summed E-state index contributed by atoms with van der Waals surface area (Å²) in [6.45, 7) is 4.69. The molecule has 0 aliphatic rings. The zero-order chi connectivity index (χ0) is 23.7. The van der Waals surface area contributed by atoms with Crippen molar-refractivity contribution in [2.24, 2.45) is 0 Å². The van der Waals surface area contributed by atoms with Crippen molar-refractivity contribution in [2.45, 2.75) is 32.4 Å². The maximum Gasteiger partial charge on any atom is 0.412 e. The fourth-order valence-corrected chi connectivity index (χ4v) is 2.42. The van der Waals surface area contributed by atoms with E-state index < -0.39 is 36.2 Å². The van der Waals surface area contributed by atoms with Gasteiger partial charge in [0.2, 0.25) is 0 Å². The second-order valence-electron chi connectivity index (χ2n) is 7.72. The minimum Gasteiger partial charge on any atom is -0.444 e. The lowest BCUT2D eigenvalue weighted by atomic mass is 10.1. The molecule has 0 aliphatic heterocycles. The molecule has 2 rings (SSSR count). The van der Waals surface area contributed by atoms with E-state index in [1.54, 1.807) is 57.2 Å². The van der Waals surface area contributed by atoms with Gasteiger partial charge in [0.05, 0.1) is 6.61 Å². The Morgan fingerprint density at radius 3 is 1.97 bits per heavy atom. The van der Waals surface area contributed by atoms with Crippen molar-refractivity contribution in [1.82, 2.24) is 10.8 Å². The molecule has 32 heavy (non-hydrogen) atoms. The van der Waals surface area contributed by atoms with Crippen LogP contribution in [0.4, 0.5) is 10.5 Å². The highest BCUT2D eigenvalue weighted by atomic mass is 16.6. The molecule has 3 amide bonds. The van der Waals surface area contributed by atoms with Crippen LogP contribution in [0.5, 0.6) is 0 Å². The molecule has 0 aliphatic carbocycles. The fourth-order valence-electron chi connectivity index (χ4n) is 2.42. The number of nitrogens with one attached hydrogen (secondary N) is 3. The van der Waals surface area contributed by atoms with Gasteiger partial charge in [-0.2, -0.15) is 0 Å². The number of rotatable bonds is 5. The molecular weight excluding hydrogens is 414 g/mol. The van der Waals surface area contributed by atoms with Crippen LogP contribution in [-0.4, -0.2) is 46.5 Å². The van der Waals surface area contributed by atoms with Crippen LogP contribution in [0.25, 0.3) is 0 Å². The molecule has 168 valence electrons. The second-order valence-corrected chi connectivity index (χ2v) is 7.72. The number of carbonyl (C=O) groups is 3. The first-order valence-electron chi connectivity index (χ1n) is 9.69. The highest BCUT2D eigenvalue weighted by molar-refractivity contribution is 5.97. The Balaban J connectivity index is 1.98. The van der Waals surface area contributed by atoms with Gasteiger partial charge in [-0.25, -0.2) is 10.3 Å². The van der Waals surface area contributed by atoms with Crippen LogP contribution in [0.3, 0.4) is 0 Å². The second kappa shape index (κ2) is 10.9. The Bertz CT molecular complexity index is 1010. The van der Waals surface area contributed by atoms with Crippen molar-refractivity contribution < 1.29 is 29.4 Å². The lowest BCUT2D eigenvalue weighted by Gasteiger charge is -2.19. The summed E-state index contributed by atoms with van der Waals surface area (Å²) in [5.41, 5.74) is 3.02. The van der Waals surface area contributed by atoms with Crippen molar-refractivity contribution in [3.05, 3.63) is 65.2 Å². The third-order valence-corrected chi connectivity index (χ3v) is 3.94. The summed E-state index contributed by atoms with van der Waals surface area (Å²) in [6.07, 6.45) is -0.539. The van der Waals surface area contributed by atoms with Crippen LogP contribution in [0.15, 0.2) is 48.5 Å². The quantitative estimate of drug-likeness (QED) is 0.275. The highest BCUT2D eigenvalue weighted by Gasteiger charge is 2.20. The Labute approximate surface area is 185 Å². The minimum absolute atomic E-state index is 0.261. The third kappa shape index (κ3) is 7.75. The SMILES string of the molecule is CC(C)(C)OC(=O)Nc1ccc(C#Cc2ccc(C(=O)NC(CO)C(=O)NO)cc2)cc1. The number of anilines is 1. The Kier molecular flexibility index (Phi) is 8.35. The molecule has 2 aromatic rings. The first-order chi connectivity index (χ1) is 15.1. The number of hydroxylamine groups is 1. The number of ether oxygens (including phenoxy) is 1. The standard InChI is InChI=1S/C23H25N3O6/c1-23(2,3)32-22(30)24-18-12-8-16(9-13-18)5-4-15-6-10-17(11-7-15)20(28)25-19(14-27)21(29)26-31/h6-13,19,27,31H,14H2,1-3H3,(H,24,30)(H,25,28)(H,26,29). The molecule has 0 bridgehead atoms. The smallest absolute Gasteiger partial charge is 0.412 e. The van der Waals surface area contributed by atoms with Crippen molar-refractivity contribution in [1.29, 1.82) is 0 Å². The van der Waals surface area contributed by atoms with Gasteiger partial charge < -0.3 is 15.2 Å². The predicted octanol–water partition coefficient (Wildman–Crippen LogP) is 2.03. The van der Waals surface area contributed by atoms with Crippen LogP contribution in [0, 0.1) is 11.8 Å². The molecule has 1 atom stereocenters. The molecule has 1 unspecified atom stereocenters. The van der Waals surface area contributed by atoms with Crippen LogP contribution in [0.1, 0.15) is 42.3 Å². The van der Waals surface area contributed by atoms with Gasteiger partial charge in [0, 0.05) is 22.4 Å². The molecule has 0 saturated carbocycles. The number of hydrogen-bond acceptors (Lipinski definition) is 6. The number of benzene rings is 2. The normalized spacial score (nSPS) is 11.4. The Hall–Kier alpha value is -3.87. The number of carbonyl (C=O) groups excluding carboxylic acids is 3. The zero-order valence-corrected chi connectivity index (χ0v) is 17.9. The summed E-state index contributed by atoms with van der Waals surface area (Å²) >= 11 is 0. The van der Waals surface area contributed by atoms with E-state index in [-0.39, 0.29) is 5.56 Å². The molecule has 9 heteroatoms. The fraction of sp³-hybridized carbons (Fsp3) is 0.261. The highest BCUT2D eigenvalue weighted by Crippen LogP contribution is 2.13. The van der Waals surface area contributed by atoms with Gasteiger partial charge in [0.1, 0.15) is 11.6 Å². The summed E-state index contributed by atoms with van der Waals surface area (Å²) in [6, 6.07) is 12.0. The number of aliphatic hydroxyl groups is 1. The van der Waals surface area contributed by atoms with Crippen molar-refractivity contribution in [2.75, 3.05) is 11.9 Å². The van der Waals surface area contributed by atoms with Crippen molar-refractivity contribution in [3.63, 3.8) is 0 Å². The molecule has 2 aromatic carbocycles. The molecule has 0 spiro atoms. The lowest BCUT2D eigenvalue weighted by Crippen LogP contribution is -2.48. The molecule has 9 nitrogen and oxygen atoms in total. The van der Waals surface area contributed by atoms with Gasteiger partial charge >= 0.3 is 6.09 Å². The van der Waals surface area contributed by atoms with E-state index in [1.807, 2.05) is 0 Å². The van der Waals surface area contributed by atoms with E-state index in [2.05, 4.69) is 22.5 Å². The Morgan fingerprint density at radius 1 is 0.969 bits per heavy atom. The molecular formula is C23H25N3O6. The number of amides is 3. The first kappa shape index (κ1) is 24.4. The van der Waals surface area contributed by atoms with Gasteiger partial charge in [-0.3, -0.25) is 20.1 Å². The summed E-state index contributed by atoms with van der Waals surface area (Å²) in [5.74, 6) is 4.45. The maximum atomic E-state index is 12.2. The van der Waals surface area contributed by atoms with E-state index >= 15 is 0 Å². The first-order valence-corrected chi connectivity index (χ1v) is 9.69. The van der Waals surface area contributed by atoms with Crippen LogP contribution >= 0.6 is 0 Å².